The molecule has 1 aromatic heterocycles. The Morgan fingerprint density at radius 1 is 1.11 bits per heavy atom. The summed E-state index contributed by atoms with van der Waals surface area (Å²) in [5.74, 6) is -0.525. The van der Waals surface area contributed by atoms with E-state index in [-0.39, 0.29) is 17.8 Å². The molecule has 4 aromatic rings. The molecule has 1 N–H and O–H groups in total. The van der Waals surface area contributed by atoms with Crippen LogP contribution in [0.5, 0.6) is 0 Å². The highest BCUT2D eigenvalue weighted by atomic mass is 19.1. The van der Waals surface area contributed by atoms with Gasteiger partial charge in [-0.2, -0.15) is 0 Å². The van der Waals surface area contributed by atoms with Crippen LogP contribution < -0.4 is 0 Å². The van der Waals surface area contributed by atoms with Crippen LogP contribution in [0.1, 0.15) is 40.3 Å². The maximum atomic E-state index is 14.6. The minimum Gasteiger partial charge on any atom is -0.466 e. The van der Waals surface area contributed by atoms with Gasteiger partial charge in [-0.25, -0.2) is 9.18 Å². The summed E-state index contributed by atoms with van der Waals surface area (Å²) >= 11 is 0. The molecule has 0 saturated heterocycles. The molecule has 0 spiro atoms. The lowest BCUT2D eigenvalue weighted by molar-refractivity contribution is -0.134. The zero-order chi connectivity index (χ0) is 24.2. The van der Waals surface area contributed by atoms with Gasteiger partial charge in [0.15, 0.2) is 0 Å². The van der Waals surface area contributed by atoms with Crippen molar-refractivity contribution < 1.29 is 13.9 Å². The number of para-hydroxylation sites is 1. The second kappa shape index (κ2) is 10.3. The van der Waals surface area contributed by atoms with E-state index in [1.165, 1.54) is 41.3 Å². The first-order valence-electron chi connectivity index (χ1n) is 12.0. The molecule has 1 unspecified atom stereocenters. The summed E-state index contributed by atoms with van der Waals surface area (Å²) in [4.78, 5) is 17.2. The van der Waals surface area contributed by atoms with Crippen molar-refractivity contribution in [2.45, 2.75) is 31.8 Å². The lowest BCUT2D eigenvalue weighted by Crippen LogP contribution is -2.29. The molecule has 0 bridgehead atoms. The van der Waals surface area contributed by atoms with Crippen molar-refractivity contribution in [2.24, 2.45) is 0 Å². The van der Waals surface area contributed by atoms with Crippen LogP contribution in [0.15, 0.2) is 79.0 Å². The second-order valence-corrected chi connectivity index (χ2v) is 9.04. The average molecular weight is 469 g/mol. The summed E-state index contributed by atoms with van der Waals surface area (Å²) in [6.45, 7) is 1.38. The largest absolute Gasteiger partial charge is 0.466 e. The molecule has 3 aromatic carbocycles. The number of fused-ring (bicyclic) bond motifs is 2. The van der Waals surface area contributed by atoms with Gasteiger partial charge >= 0.3 is 5.97 Å². The molecule has 1 aliphatic carbocycles. The van der Waals surface area contributed by atoms with Gasteiger partial charge in [-0.15, -0.1) is 0 Å². The molecular weight excluding hydrogens is 439 g/mol. The number of hydrogen-bond acceptors (Lipinski definition) is 3. The highest BCUT2D eigenvalue weighted by molar-refractivity contribution is 5.87. The van der Waals surface area contributed by atoms with Gasteiger partial charge in [0, 0.05) is 47.9 Å². The third-order valence-electron chi connectivity index (χ3n) is 6.94. The smallest absolute Gasteiger partial charge is 0.330 e. The quantitative estimate of drug-likeness (QED) is 0.246. The number of aromatic amines is 1. The fourth-order valence-corrected chi connectivity index (χ4v) is 5.12. The number of nitrogens with one attached hydrogen (secondary N) is 1. The SMILES string of the molecule is COC(=O)C=Cc1ccc2c(c1)CCC2N(CCc1c[nH]c2ccccc12)Cc1ccccc1F. The second-order valence-electron chi connectivity index (χ2n) is 9.04. The molecule has 5 rings (SSSR count). The van der Waals surface area contributed by atoms with Crippen molar-refractivity contribution in [1.82, 2.24) is 9.88 Å². The molecule has 1 aliphatic rings. The molecule has 35 heavy (non-hydrogen) atoms. The van der Waals surface area contributed by atoms with Crippen molar-refractivity contribution in [3.63, 3.8) is 0 Å². The van der Waals surface area contributed by atoms with E-state index in [0.717, 1.165) is 42.5 Å². The third-order valence-corrected chi connectivity index (χ3v) is 6.94. The predicted octanol–water partition coefficient (Wildman–Crippen LogP) is 6.23. The molecule has 0 radical (unpaired) electrons. The van der Waals surface area contributed by atoms with Gasteiger partial charge in [0.1, 0.15) is 5.82 Å². The lowest BCUT2D eigenvalue weighted by Gasteiger charge is -2.30. The maximum Gasteiger partial charge on any atom is 0.330 e. The number of carbonyl (C=O) groups excluding carboxylic acids is 1. The molecule has 0 saturated carbocycles. The Labute approximate surface area is 205 Å². The molecule has 1 heterocycles. The number of esters is 1. The molecular formula is C30H29FN2O2. The van der Waals surface area contributed by atoms with Gasteiger partial charge in [-0.1, -0.05) is 54.6 Å². The van der Waals surface area contributed by atoms with Crippen LogP contribution in [0.4, 0.5) is 4.39 Å². The fourth-order valence-electron chi connectivity index (χ4n) is 5.12. The van der Waals surface area contributed by atoms with Crippen molar-refractivity contribution >= 4 is 22.9 Å². The number of nitrogens with zero attached hydrogens (tertiary/aromatic N) is 1. The van der Waals surface area contributed by atoms with Gasteiger partial charge in [-0.3, -0.25) is 4.90 Å². The number of methoxy groups -OCH3 is 1. The van der Waals surface area contributed by atoms with Crippen molar-refractivity contribution in [1.29, 1.82) is 0 Å². The van der Waals surface area contributed by atoms with Gasteiger partial charge in [0.25, 0.3) is 0 Å². The zero-order valence-corrected chi connectivity index (χ0v) is 19.8. The van der Waals surface area contributed by atoms with Crippen molar-refractivity contribution in [2.75, 3.05) is 13.7 Å². The van der Waals surface area contributed by atoms with Gasteiger partial charge in [0.05, 0.1) is 7.11 Å². The molecule has 0 amide bonds. The molecule has 178 valence electrons. The van der Waals surface area contributed by atoms with Gasteiger partial charge in [-0.05, 0) is 59.7 Å². The van der Waals surface area contributed by atoms with E-state index >= 15 is 0 Å². The first kappa shape index (κ1) is 23.1. The number of halogens is 1. The normalized spacial score (nSPS) is 15.2. The Kier molecular flexibility index (Phi) is 6.77. The summed E-state index contributed by atoms with van der Waals surface area (Å²) in [5, 5.41) is 1.24. The summed E-state index contributed by atoms with van der Waals surface area (Å²) in [5.41, 5.74) is 6.69. The van der Waals surface area contributed by atoms with E-state index in [2.05, 4.69) is 46.4 Å². The summed E-state index contributed by atoms with van der Waals surface area (Å²) in [6.07, 6.45) is 8.15. The number of hydrogen-bond donors (Lipinski definition) is 1. The molecule has 0 aliphatic heterocycles. The highest BCUT2D eigenvalue weighted by Gasteiger charge is 2.28. The van der Waals surface area contributed by atoms with Gasteiger partial charge < -0.3 is 9.72 Å². The number of H-pyrrole nitrogens is 1. The number of aryl methyl sites for hydroxylation is 1. The number of rotatable bonds is 8. The standard InChI is InChI=1S/C30H29FN2O2/c1-35-30(34)15-11-21-10-13-26-22(18-21)12-14-29(26)33(20-24-6-2-4-8-27(24)31)17-16-23-19-32-28-9-5-3-7-25(23)28/h2-11,13,15,18-19,29,32H,12,14,16-17,20H2,1H3. The molecule has 0 fully saturated rings. The van der Waals surface area contributed by atoms with E-state index in [1.807, 2.05) is 24.3 Å². The van der Waals surface area contributed by atoms with E-state index in [9.17, 15) is 9.18 Å². The minimum atomic E-state index is -0.364. The van der Waals surface area contributed by atoms with Crippen LogP contribution in [-0.4, -0.2) is 29.5 Å². The Balaban J connectivity index is 1.41. The topological polar surface area (TPSA) is 45.3 Å². The highest BCUT2D eigenvalue weighted by Crippen LogP contribution is 2.37. The Bertz CT molecular complexity index is 1370. The number of benzene rings is 3. The van der Waals surface area contributed by atoms with Crippen LogP contribution in [0, 0.1) is 5.82 Å². The minimum absolute atomic E-state index is 0.161. The summed E-state index contributed by atoms with van der Waals surface area (Å²) in [6, 6.07) is 22.0. The van der Waals surface area contributed by atoms with E-state index in [4.69, 9.17) is 4.74 Å². The summed E-state index contributed by atoms with van der Waals surface area (Å²) < 4.78 is 19.3. The van der Waals surface area contributed by atoms with Gasteiger partial charge in [0.2, 0.25) is 0 Å². The van der Waals surface area contributed by atoms with E-state index < -0.39 is 0 Å². The molecule has 5 heteroatoms. The Morgan fingerprint density at radius 3 is 2.80 bits per heavy atom. The zero-order valence-electron chi connectivity index (χ0n) is 19.8. The first-order valence-corrected chi connectivity index (χ1v) is 12.0. The monoisotopic (exact) mass is 468 g/mol. The van der Waals surface area contributed by atoms with Crippen LogP contribution >= 0.6 is 0 Å². The number of carbonyl (C=O) groups is 1. The van der Waals surface area contributed by atoms with E-state index in [0.29, 0.717) is 6.54 Å². The third kappa shape index (κ3) is 5.05. The predicted molar refractivity (Wildman–Crippen MR) is 137 cm³/mol. The molecule has 1 atom stereocenters. The van der Waals surface area contributed by atoms with Crippen LogP contribution in [-0.2, 0) is 28.9 Å². The fraction of sp³-hybridized carbons (Fsp3) is 0.233. The average Bonchev–Trinajstić information content (AvgIpc) is 3.50. The van der Waals surface area contributed by atoms with Crippen molar-refractivity contribution in [3.05, 3.63) is 113 Å². The Hall–Kier alpha value is -3.70. The van der Waals surface area contributed by atoms with Crippen molar-refractivity contribution in [3.8, 4) is 0 Å². The summed E-state index contributed by atoms with van der Waals surface area (Å²) in [7, 11) is 1.38. The first-order chi connectivity index (χ1) is 17.1. The lowest BCUT2D eigenvalue weighted by atomic mass is 10.0. The number of aromatic nitrogens is 1. The molecule has 4 nitrogen and oxygen atoms in total. The van der Waals surface area contributed by atoms with Crippen LogP contribution in [0.2, 0.25) is 0 Å². The maximum absolute atomic E-state index is 14.6. The number of ether oxygens (including phenoxy) is 1. The van der Waals surface area contributed by atoms with E-state index in [1.54, 1.807) is 12.1 Å². The van der Waals surface area contributed by atoms with Crippen LogP contribution in [0.25, 0.3) is 17.0 Å². The van der Waals surface area contributed by atoms with Crippen LogP contribution in [0.3, 0.4) is 0 Å². The Morgan fingerprint density at radius 2 is 1.94 bits per heavy atom.